The van der Waals surface area contributed by atoms with Gasteiger partial charge in [0.2, 0.25) is 0 Å². The van der Waals surface area contributed by atoms with Gasteiger partial charge < -0.3 is 10.5 Å². The molecule has 2 N–H and O–H groups in total. The summed E-state index contributed by atoms with van der Waals surface area (Å²) < 4.78 is 5.31. The smallest absolute Gasteiger partial charge is 0.121 e. The van der Waals surface area contributed by atoms with Gasteiger partial charge in [-0.15, -0.1) is 0 Å². The molecular weight excluding hydrogens is 222 g/mol. The zero-order chi connectivity index (χ0) is 12.7. The predicted molar refractivity (Wildman–Crippen MR) is 73.6 cm³/mol. The molecule has 1 aromatic carbocycles. The number of aryl methyl sites for hydroxylation is 1. The molecule has 3 unspecified atom stereocenters. The summed E-state index contributed by atoms with van der Waals surface area (Å²) in [5.41, 5.74) is 8.95. The van der Waals surface area contributed by atoms with Crippen molar-refractivity contribution in [2.45, 2.75) is 38.6 Å². The Kier molecular flexibility index (Phi) is 3.06. The summed E-state index contributed by atoms with van der Waals surface area (Å²) in [6.07, 6.45) is 5.62. The van der Waals surface area contributed by atoms with Gasteiger partial charge in [-0.05, 0) is 54.7 Å². The van der Waals surface area contributed by atoms with Gasteiger partial charge in [0.1, 0.15) is 5.75 Å². The van der Waals surface area contributed by atoms with Crippen molar-refractivity contribution >= 4 is 0 Å². The number of nitrogens with two attached hydrogens (primary N) is 1. The van der Waals surface area contributed by atoms with E-state index in [4.69, 9.17) is 10.5 Å². The van der Waals surface area contributed by atoms with Gasteiger partial charge in [-0.3, -0.25) is 0 Å². The Morgan fingerprint density at radius 3 is 2.44 bits per heavy atom. The van der Waals surface area contributed by atoms with Crippen LogP contribution < -0.4 is 10.5 Å². The van der Waals surface area contributed by atoms with Crippen LogP contribution in [0.15, 0.2) is 18.2 Å². The Morgan fingerprint density at radius 2 is 1.89 bits per heavy atom. The van der Waals surface area contributed by atoms with E-state index in [1.54, 1.807) is 7.11 Å². The van der Waals surface area contributed by atoms with Crippen LogP contribution in [0, 0.1) is 24.7 Å². The number of ether oxygens (including phenoxy) is 1. The number of benzene rings is 1. The van der Waals surface area contributed by atoms with Crippen molar-refractivity contribution in [2.24, 2.45) is 23.5 Å². The first-order valence-electron chi connectivity index (χ1n) is 7.12. The van der Waals surface area contributed by atoms with Crippen LogP contribution in [-0.4, -0.2) is 7.11 Å². The third kappa shape index (κ3) is 1.93. The van der Waals surface area contributed by atoms with Crippen LogP contribution in [0.1, 0.15) is 42.9 Å². The molecule has 0 aliphatic heterocycles. The molecule has 3 atom stereocenters. The lowest BCUT2D eigenvalue weighted by molar-refractivity contribution is 0.411. The fourth-order valence-corrected chi connectivity index (χ4v) is 3.91. The van der Waals surface area contributed by atoms with E-state index in [2.05, 4.69) is 25.1 Å². The zero-order valence-corrected chi connectivity index (χ0v) is 11.4. The highest BCUT2D eigenvalue weighted by Crippen LogP contribution is 2.59. The third-order valence-corrected chi connectivity index (χ3v) is 4.94. The largest absolute Gasteiger partial charge is 0.496 e. The fraction of sp³-hybridized carbons (Fsp3) is 0.625. The Labute approximate surface area is 110 Å². The summed E-state index contributed by atoms with van der Waals surface area (Å²) >= 11 is 0. The Balaban J connectivity index is 1.76. The summed E-state index contributed by atoms with van der Waals surface area (Å²) in [4.78, 5) is 0. The molecule has 3 rings (SSSR count). The Bertz CT molecular complexity index is 431. The summed E-state index contributed by atoms with van der Waals surface area (Å²) in [5.74, 6) is 3.52. The third-order valence-electron chi connectivity index (χ3n) is 4.94. The SMILES string of the molecule is COc1ccc(C(N)C2C3CCCCC32)cc1C. The molecule has 0 radical (unpaired) electrons. The number of hydrogen-bond donors (Lipinski definition) is 1. The van der Waals surface area contributed by atoms with Gasteiger partial charge >= 0.3 is 0 Å². The molecule has 0 saturated heterocycles. The fourth-order valence-electron chi connectivity index (χ4n) is 3.91. The molecule has 0 aromatic heterocycles. The number of rotatable bonds is 3. The van der Waals surface area contributed by atoms with Crippen LogP contribution in [0.4, 0.5) is 0 Å². The molecular formula is C16H23NO. The molecule has 0 spiro atoms. The summed E-state index contributed by atoms with van der Waals surface area (Å²) in [6, 6.07) is 6.62. The predicted octanol–water partition coefficient (Wildman–Crippen LogP) is 3.44. The van der Waals surface area contributed by atoms with Crippen molar-refractivity contribution in [1.29, 1.82) is 0 Å². The van der Waals surface area contributed by atoms with E-state index in [1.165, 1.54) is 36.8 Å². The molecule has 18 heavy (non-hydrogen) atoms. The van der Waals surface area contributed by atoms with Gasteiger partial charge in [0, 0.05) is 6.04 Å². The van der Waals surface area contributed by atoms with Crippen molar-refractivity contribution in [2.75, 3.05) is 7.11 Å². The van der Waals surface area contributed by atoms with Crippen molar-refractivity contribution in [3.05, 3.63) is 29.3 Å². The minimum absolute atomic E-state index is 0.225. The number of fused-ring (bicyclic) bond motifs is 1. The molecule has 0 bridgehead atoms. The second-order valence-corrected chi connectivity index (χ2v) is 5.94. The lowest BCUT2D eigenvalue weighted by atomic mass is 9.99. The highest BCUT2D eigenvalue weighted by Gasteiger charge is 2.53. The van der Waals surface area contributed by atoms with Crippen molar-refractivity contribution in [3.63, 3.8) is 0 Å². The average Bonchev–Trinajstić information content (AvgIpc) is 3.12. The topological polar surface area (TPSA) is 35.2 Å². The molecule has 0 amide bonds. The monoisotopic (exact) mass is 245 g/mol. The van der Waals surface area contributed by atoms with E-state index >= 15 is 0 Å². The molecule has 98 valence electrons. The minimum atomic E-state index is 0.225. The number of methoxy groups -OCH3 is 1. The van der Waals surface area contributed by atoms with Crippen LogP contribution in [0.25, 0.3) is 0 Å². The first kappa shape index (κ1) is 12.0. The van der Waals surface area contributed by atoms with Gasteiger partial charge in [-0.2, -0.15) is 0 Å². The average molecular weight is 245 g/mol. The lowest BCUT2D eigenvalue weighted by Crippen LogP contribution is -2.14. The standard InChI is InChI=1S/C16H23NO/c1-10-9-11(7-8-14(10)18-2)16(17)15-12-5-3-4-6-13(12)15/h7-9,12-13,15-16H,3-6,17H2,1-2H3. The van der Waals surface area contributed by atoms with Crippen LogP contribution in [-0.2, 0) is 0 Å². The van der Waals surface area contributed by atoms with Gasteiger partial charge in [0.15, 0.2) is 0 Å². The molecule has 2 aliphatic carbocycles. The maximum Gasteiger partial charge on any atom is 0.121 e. The second-order valence-electron chi connectivity index (χ2n) is 5.94. The molecule has 1 aromatic rings. The van der Waals surface area contributed by atoms with E-state index in [9.17, 15) is 0 Å². The summed E-state index contributed by atoms with van der Waals surface area (Å²) in [5, 5.41) is 0. The molecule has 2 saturated carbocycles. The minimum Gasteiger partial charge on any atom is -0.496 e. The Hall–Kier alpha value is -1.02. The number of hydrogen-bond acceptors (Lipinski definition) is 2. The molecule has 2 nitrogen and oxygen atoms in total. The molecule has 2 aliphatic rings. The highest BCUT2D eigenvalue weighted by atomic mass is 16.5. The van der Waals surface area contributed by atoms with Crippen LogP contribution in [0.3, 0.4) is 0 Å². The van der Waals surface area contributed by atoms with Gasteiger partial charge in [-0.25, -0.2) is 0 Å². The van der Waals surface area contributed by atoms with Crippen molar-refractivity contribution in [1.82, 2.24) is 0 Å². The lowest BCUT2D eigenvalue weighted by Gasteiger charge is -2.14. The van der Waals surface area contributed by atoms with Crippen molar-refractivity contribution < 1.29 is 4.74 Å². The van der Waals surface area contributed by atoms with E-state index in [0.717, 1.165) is 23.5 Å². The molecule has 2 fully saturated rings. The second kappa shape index (κ2) is 4.58. The van der Waals surface area contributed by atoms with E-state index in [0.29, 0.717) is 0 Å². The first-order chi connectivity index (χ1) is 8.72. The van der Waals surface area contributed by atoms with Gasteiger partial charge in [0.05, 0.1) is 7.11 Å². The molecule has 2 heteroatoms. The van der Waals surface area contributed by atoms with Crippen LogP contribution in [0.2, 0.25) is 0 Å². The quantitative estimate of drug-likeness (QED) is 0.885. The summed E-state index contributed by atoms with van der Waals surface area (Å²) in [7, 11) is 1.72. The maximum absolute atomic E-state index is 6.48. The van der Waals surface area contributed by atoms with E-state index < -0.39 is 0 Å². The Morgan fingerprint density at radius 1 is 1.22 bits per heavy atom. The maximum atomic E-state index is 6.48. The van der Waals surface area contributed by atoms with E-state index in [1.807, 2.05) is 0 Å². The first-order valence-corrected chi connectivity index (χ1v) is 7.12. The van der Waals surface area contributed by atoms with Gasteiger partial charge in [0.25, 0.3) is 0 Å². The molecule has 0 heterocycles. The summed E-state index contributed by atoms with van der Waals surface area (Å²) in [6.45, 7) is 2.09. The normalized spacial score (nSPS) is 31.6. The highest BCUT2D eigenvalue weighted by molar-refractivity contribution is 5.38. The van der Waals surface area contributed by atoms with Crippen LogP contribution in [0.5, 0.6) is 5.75 Å². The van der Waals surface area contributed by atoms with Gasteiger partial charge in [-0.1, -0.05) is 25.0 Å². The zero-order valence-electron chi connectivity index (χ0n) is 11.4. The van der Waals surface area contributed by atoms with Crippen LogP contribution >= 0.6 is 0 Å². The van der Waals surface area contributed by atoms with E-state index in [-0.39, 0.29) is 6.04 Å². The van der Waals surface area contributed by atoms with Crippen molar-refractivity contribution in [3.8, 4) is 5.75 Å².